The Morgan fingerprint density at radius 2 is 1.88 bits per heavy atom. The van der Waals surface area contributed by atoms with Crippen molar-refractivity contribution in [3.05, 3.63) is 54.7 Å². The van der Waals surface area contributed by atoms with Gasteiger partial charge in [0.25, 0.3) is 0 Å². The molecule has 0 aliphatic carbocycles. The maximum Gasteiger partial charge on any atom is 0.167 e. The van der Waals surface area contributed by atoms with E-state index in [0.717, 1.165) is 16.2 Å². The van der Waals surface area contributed by atoms with Crippen LogP contribution in [0.5, 0.6) is 0 Å². The van der Waals surface area contributed by atoms with Crippen molar-refractivity contribution >= 4 is 22.9 Å². The van der Waals surface area contributed by atoms with Crippen LogP contribution in [0.25, 0.3) is 11.1 Å². The molecule has 2 nitrogen and oxygen atoms in total. The van der Waals surface area contributed by atoms with E-state index in [2.05, 4.69) is 17.1 Å². The molecule has 0 atom stereocenters. The fraction of sp³-hybridized carbons (Fsp3) is 0. The van der Waals surface area contributed by atoms with Crippen molar-refractivity contribution in [2.45, 2.75) is 9.99 Å². The molecule has 1 aromatic carbocycles. The van der Waals surface area contributed by atoms with Crippen molar-refractivity contribution in [1.29, 1.82) is 0 Å². The fourth-order valence-corrected chi connectivity index (χ4v) is 2.33. The molecule has 0 spiro atoms. The summed E-state index contributed by atoms with van der Waals surface area (Å²) in [5, 5.41) is 0.875. The molecule has 0 N–H and O–H groups in total. The summed E-state index contributed by atoms with van der Waals surface area (Å²) in [6.07, 6.45) is 1.77. The van der Waals surface area contributed by atoms with Crippen LogP contribution in [0.3, 0.4) is 0 Å². The minimum absolute atomic E-state index is 0.834. The Morgan fingerprint density at radius 1 is 1.00 bits per heavy atom. The van der Waals surface area contributed by atoms with Crippen molar-refractivity contribution in [3.8, 4) is 0 Å². The monoisotopic (exact) mass is 227 g/mol. The molecule has 2 heterocycles. The van der Waals surface area contributed by atoms with E-state index in [1.807, 2.05) is 36.4 Å². The van der Waals surface area contributed by atoms with Crippen LogP contribution in [0.4, 0.5) is 0 Å². The van der Waals surface area contributed by atoms with E-state index in [1.54, 1.807) is 18.0 Å². The Kier molecular flexibility index (Phi) is 2.38. The van der Waals surface area contributed by atoms with E-state index >= 15 is 0 Å². The Bertz CT molecular complexity index is 570. The molecule has 0 saturated carbocycles. The van der Waals surface area contributed by atoms with E-state index in [0.29, 0.717) is 0 Å². The maximum absolute atomic E-state index is 5.67. The van der Waals surface area contributed by atoms with E-state index < -0.39 is 0 Å². The lowest BCUT2D eigenvalue weighted by atomic mass is 10.4. The van der Waals surface area contributed by atoms with Crippen LogP contribution in [0, 0.1) is 0 Å². The highest BCUT2D eigenvalue weighted by atomic mass is 32.2. The topological polar surface area (TPSA) is 26.0 Å². The second-order valence-corrected chi connectivity index (χ2v) is 4.45. The molecule has 0 aliphatic rings. The molecular formula is C13H9NOS. The van der Waals surface area contributed by atoms with Crippen molar-refractivity contribution < 1.29 is 4.42 Å². The van der Waals surface area contributed by atoms with Gasteiger partial charge in [-0.05, 0) is 24.3 Å². The standard InChI is InChI=1S/C13H9NOS/c1-2-5-10(6-3-1)16-13-9-11-12(15-13)7-4-8-14-11/h1-9H. The molecule has 16 heavy (non-hydrogen) atoms. The van der Waals surface area contributed by atoms with Crippen molar-refractivity contribution in [3.63, 3.8) is 0 Å². The summed E-state index contributed by atoms with van der Waals surface area (Å²) < 4.78 is 5.67. The predicted octanol–water partition coefficient (Wildman–Crippen LogP) is 3.98. The number of hydrogen-bond donors (Lipinski definition) is 0. The number of furan rings is 1. The second-order valence-electron chi connectivity index (χ2n) is 3.37. The second kappa shape index (κ2) is 4.02. The van der Waals surface area contributed by atoms with Crippen molar-refractivity contribution in [1.82, 2.24) is 4.98 Å². The van der Waals surface area contributed by atoms with Crippen molar-refractivity contribution in [2.24, 2.45) is 0 Å². The highest BCUT2D eigenvalue weighted by molar-refractivity contribution is 7.99. The Morgan fingerprint density at radius 3 is 2.69 bits per heavy atom. The minimum atomic E-state index is 0.834. The van der Waals surface area contributed by atoms with Gasteiger partial charge < -0.3 is 4.42 Å². The van der Waals surface area contributed by atoms with Gasteiger partial charge in [-0.2, -0.15) is 0 Å². The number of hydrogen-bond acceptors (Lipinski definition) is 3. The molecule has 0 bridgehead atoms. The van der Waals surface area contributed by atoms with E-state index in [-0.39, 0.29) is 0 Å². The highest BCUT2D eigenvalue weighted by Crippen LogP contribution is 2.31. The third-order valence-corrected chi connectivity index (χ3v) is 3.14. The van der Waals surface area contributed by atoms with Gasteiger partial charge in [-0.3, -0.25) is 4.98 Å². The molecule has 0 amide bonds. The molecule has 3 rings (SSSR count). The van der Waals surface area contributed by atoms with Gasteiger partial charge in [-0.1, -0.05) is 30.0 Å². The largest absolute Gasteiger partial charge is 0.448 e. The van der Waals surface area contributed by atoms with Crippen molar-refractivity contribution in [2.75, 3.05) is 0 Å². The van der Waals surface area contributed by atoms with Gasteiger partial charge in [0.05, 0.1) is 0 Å². The Balaban J connectivity index is 1.95. The molecule has 0 unspecified atom stereocenters. The van der Waals surface area contributed by atoms with Crippen LogP contribution >= 0.6 is 11.8 Å². The first-order valence-electron chi connectivity index (χ1n) is 4.99. The average molecular weight is 227 g/mol. The molecule has 0 aliphatic heterocycles. The molecule has 0 saturated heterocycles. The number of benzene rings is 1. The number of fused-ring (bicyclic) bond motifs is 1. The lowest BCUT2D eigenvalue weighted by molar-refractivity contribution is 0.515. The van der Waals surface area contributed by atoms with Crippen LogP contribution < -0.4 is 0 Å². The predicted molar refractivity (Wildman–Crippen MR) is 64.6 cm³/mol. The molecule has 0 radical (unpaired) electrons. The molecule has 0 fully saturated rings. The SMILES string of the molecule is c1ccc(Sc2cc3ncccc3o2)cc1. The molecule has 2 aromatic heterocycles. The zero-order valence-electron chi connectivity index (χ0n) is 8.46. The normalized spacial score (nSPS) is 10.8. The lowest BCUT2D eigenvalue weighted by Gasteiger charge is -1.95. The van der Waals surface area contributed by atoms with Crippen LogP contribution in [0.1, 0.15) is 0 Å². The summed E-state index contributed by atoms with van der Waals surface area (Å²) in [6, 6.07) is 15.9. The Hall–Kier alpha value is -1.74. The summed E-state index contributed by atoms with van der Waals surface area (Å²) >= 11 is 1.61. The fourth-order valence-electron chi connectivity index (χ4n) is 1.50. The minimum Gasteiger partial charge on any atom is -0.448 e. The highest BCUT2D eigenvalue weighted by Gasteiger charge is 2.05. The van der Waals surface area contributed by atoms with Crippen LogP contribution in [-0.4, -0.2) is 4.98 Å². The molecule has 3 aromatic rings. The molecule has 78 valence electrons. The summed E-state index contributed by atoms with van der Waals surface area (Å²) in [7, 11) is 0. The molecular weight excluding hydrogens is 218 g/mol. The smallest absolute Gasteiger partial charge is 0.167 e. The van der Waals surface area contributed by atoms with Gasteiger partial charge in [-0.25, -0.2) is 0 Å². The summed E-state index contributed by atoms with van der Waals surface area (Å²) in [5.74, 6) is 0. The number of nitrogens with zero attached hydrogens (tertiary/aromatic N) is 1. The number of rotatable bonds is 2. The van der Waals surface area contributed by atoms with E-state index in [4.69, 9.17) is 4.42 Å². The lowest BCUT2D eigenvalue weighted by Crippen LogP contribution is -1.67. The van der Waals surface area contributed by atoms with E-state index in [1.165, 1.54) is 4.90 Å². The van der Waals surface area contributed by atoms with Gasteiger partial charge in [0.15, 0.2) is 10.7 Å². The maximum atomic E-state index is 5.67. The van der Waals surface area contributed by atoms with Gasteiger partial charge in [0.1, 0.15) is 5.52 Å². The van der Waals surface area contributed by atoms with Crippen LogP contribution in [0.2, 0.25) is 0 Å². The first-order chi connectivity index (χ1) is 7.92. The number of pyridine rings is 1. The zero-order chi connectivity index (χ0) is 10.8. The number of aromatic nitrogens is 1. The zero-order valence-corrected chi connectivity index (χ0v) is 9.28. The van der Waals surface area contributed by atoms with Crippen LogP contribution in [-0.2, 0) is 0 Å². The average Bonchev–Trinajstić information content (AvgIpc) is 2.72. The first-order valence-corrected chi connectivity index (χ1v) is 5.81. The summed E-state index contributed by atoms with van der Waals surface area (Å²) in [4.78, 5) is 5.40. The van der Waals surface area contributed by atoms with E-state index in [9.17, 15) is 0 Å². The Labute approximate surface area is 97.3 Å². The summed E-state index contributed by atoms with van der Waals surface area (Å²) in [6.45, 7) is 0. The van der Waals surface area contributed by atoms with Gasteiger partial charge >= 0.3 is 0 Å². The summed E-state index contributed by atoms with van der Waals surface area (Å²) in [5.41, 5.74) is 1.74. The van der Waals surface area contributed by atoms with Gasteiger partial charge in [-0.15, -0.1) is 0 Å². The first kappa shape index (κ1) is 9.48. The van der Waals surface area contributed by atoms with Gasteiger partial charge in [0.2, 0.25) is 0 Å². The van der Waals surface area contributed by atoms with Gasteiger partial charge in [0, 0.05) is 17.2 Å². The van der Waals surface area contributed by atoms with Crippen LogP contribution in [0.15, 0.2) is 69.1 Å². The third-order valence-electron chi connectivity index (χ3n) is 2.23. The quantitative estimate of drug-likeness (QED) is 0.662. The third kappa shape index (κ3) is 1.82. The molecule has 3 heteroatoms.